The van der Waals surface area contributed by atoms with Crippen molar-refractivity contribution < 1.29 is 48.9 Å². The van der Waals surface area contributed by atoms with Crippen LogP contribution in [0, 0.1) is 0 Å². The summed E-state index contributed by atoms with van der Waals surface area (Å²) < 4.78 is 11.2. The second-order valence-corrected chi connectivity index (χ2v) is 5.66. The molecule has 98 valence electrons. The minimum atomic E-state index is -1.02. The van der Waals surface area contributed by atoms with Gasteiger partial charge in [0.1, 0.15) is 0 Å². The van der Waals surface area contributed by atoms with Gasteiger partial charge in [-0.2, -0.15) is 11.8 Å². The minimum absolute atomic E-state index is 0. The fourth-order valence-electron chi connectivity index (χ4n) is 1.77. The van der Waals surface area contributed by atoms with E-state index in [0.29, 0.717) is 0 Å². The van der Waals surface area contributed by atoms with Crippen LogP contribution in [0.2, 0.25) is 0 Å². The Labute approximate surface area is 139 Å². The first-order valence-corrected chi connectivity index (χ1v) is 6.90. The molecule has 0 spiro atoms. The van der Waals surface area contributed by atoms with Crippen molar-refractivity contribution in [2.24, 2.45) is 0 Å². The Bertz CT molecular complexity index is 462. The van der Waals surface area contributed by atoms with Crippen molar-refractivity contribution in [1.29, 1.82) is 0 Å². The van der Waals surface area contributed by atoms with Crippen LogP contribution in [0.4, 0.5) is 0 Å². The first-order chi connectivity index (χ1) is 8.46. The summed E-state index contributed by atoms with van der Waals surface area (Å²) in [6, 6.07) is 5.82. The quantitative estimate of drug-likeness (QED) is 0.474. The number of rotatable bonds is 5. The molecule has 0 radical (unpaired) electrons. The molecule has 0 saturated carbocycles. The fraction of sp³-hybridized carbons (Fsp3) is 0.462. The molecule has 0 unspecified atom stereocenters. The molecule has 0 saturated heterocycles. The Morgan fingerprint density at radius 1 is 1.32 bits per heavy atom. The van der Waals surface area contributed by atoms with E-state index < -0.39 is 11.8 Å². The molecule has 0 aromatic heterocycles. The smallest absolute Gasteiger partial charge is 0.549 e. The van der Waals surface area contributed by atoms with Gasteiger partial charge in [-0.3, -0.25) is 0 Å². The molecular formula is C13H15NaO4S. The normalized spacial score (nSPS) is 14.8. The predicted octanol–water partition coefficient (Wildman–Crippen LogP) is -1.78. The third kappa shape index (κ3) is 4.91. The van der Waals surface area contributed by atoms with Crippen LogP contribution in [-0.2, 0) is 11.2 Å². The Morgan fingerprint density at radius 2 is 2.00 bits per heavy atom. The average Bonchev–Trinajstić information content (AvgIpc) is 2.57. The molecule has 6 heteroatoms. The largest absolute Gasteiger partial charge is 1.00 e. The summed E-state index contributed by atoms with van der Waals surface area (Å²) in [6.07, 6.45) is 0.801. The number of carboxylic acids is 1. The Hall–Kier alpha value is -0.360. The van der Waals surface area contributed by atoms with Crippen LogP contribution in [0.25, 0.3) is 0 Å². The van der Waals surface area contributed by atoms with Gasteiger partial charge < -0.3 is 19.4 Å². The summed E-state index contributed by atoms with van der Waals surface area (Å²) in [6.45, 7) is 3.73. The van der Waals surface area contributed by atoms with E-state index >= 15 is 0 Å². The maximum atomic E-state index is 10.3. The molecule has 1 heterocycles. The molecular weight excluding hydrogens is 275 g/mol. The van der Waals surface area contributed by atoms with Crippen molar-refractivity contribution in [1.82, 2.24) is 0 Å². The summed E-state index contributed by atoms with van der Waals surface area (Å²) in [5.41, 5.74) is 1.11. The zero-order chi connectivity index (χ0) is 13.2. The SMILES string of the molecule is CC1(C)Oc2ccc(CCSCC(=O)[O-])cc2O1.[Na+]. The van der Waals surface area contributed by atoms with Crippen LogP contribution in [0.15, 0.2) is 18.2 Å². The summed E-state index contributed by atoms with van der Waals surface area (Å²) in [4.78, 5) is 10.3. The maximum absolute atomic E-state index is 10.3. The molecule has 0 fully saturated rings. The van der Waals surface area contributed by atoms with Gasteiger partial charge >= 0.3 is 29.6 Å². The van der Waals surface area contributed by atoms with Crippen molar-refractivity contribution >= 4 is 17.7 Å². The number of hydrogen-bond donors (Lipinski definition) is 0. The number of thioether (sulfide) groups is 1. The molecule has 4 nitrogen and oxygen atoms in total. The number of fused-ring (bicyclic) bond motifs is 1. The molecule has 1 aromatic rings. The van der Waals surface area contributed by atoms with Gasteiger partial charge in [0.05, 0.1) is 5.97 Å². The number of carbonyl (C=O) groups is 1. The van der Waals surface area contributed by atoms with E-state index in [4.69, 9.17) is 9.47 Å². The van der Waals surface area contributed by atoms with Crippen molar-refractivity contribution in [2.45, 2.75) is 26.1 Å². The van der Waals surface area contributed by atoms with E-state index in [1.165, 1.54) is 11.8 Å². The molecule has 1 aliphatic rings. The average molecular weight is 290 g/mol. The maximum Gasteiger partial charge on any atom is 1.00 e. The number of benzene rings is 1. The van der Waals surface area contributed by atoms with Gasteiger partial charge in [0.2, 0.25) is 5.79 Å². The monoisotopic (exact) mass is 290 g/mol. The standard InChI is InChI=1S/C13H16O4S.Na/c1-13(2)16-10-4-3-9(7-11(10)17-13)5-6-18-8-12(14)15;/h3-4,7H,5-6,8H2,1-2H3,(H,14,15);/q;+1/p-1. The van der Waals surface area contributed by atoms with Crippen molar-refractivity contribution in [3.63, 3.8) is 0 Å². The number of aliphatic carboxylic acids is 1. The first kappa shape index (κ1) is 16.7. The van der Waals surface area contributed by atoms with Gasteiger partial charge in [0, 0.05) is 19.6 Å². The summed E-state index contributed by atoms with van der Waals surface area (Å²) in [7, 11) is 0. The van der Waals surface area contributed by atoms with Gasteiger partial charge in [-0.15, -0.1) is 0 Å². The molecule has 2 rings (SSSR count). The molecule has 1 aliphatic heterocycles. The number of carbonyl (C=O) groups excluding carboxylic acids is 1. The van der Waals surface area contributed by atoms with E-state index in [0.717, 1.165) is 29.2 Å². The molecule has 1 aromatic carbocycles. The summed E-state index contributed by atoms with van der Waals surface area (Å²) in [5.74, 6) is 0.667. The molecule has 0 N–H and O–H groups in total. The molecule has 0 amide bonds. The molecule has 0 aliphatic carbocycles. The van der Waals surface area contributed by atoms with Crippen LogP contribution < -0.4 is 44.1 Å². The summed E-state index contributed by atoms with van der Waals surface area (Å²) in [5, 5.41) is 10.3. The van der Waals surface area contributed by atoms with Crippen LogP contribution >= 0.6 is 11.8 Å². The van der Waals surface area contributed by atoms with E-state index in [9.17, 15) is 9.90 Å². The van der Waals surface area contributed by atoms with Crippen molar-refractivity contribution in [3.05, 3.63) is 23.8 Å². The van der Waals surface area contributed by atoms with Crippen LogP contribution in [0.1, 0.15) is 19.4 Å². The number of carboxylic acid groups (broad SMARTS) is 1. The van der Waals surface area contributed by atoms with E-state index in [1.54, 1.807) is 0 Å². The number of hydrogen-bond acceptors (Lipinski definition) is 5. The van der Waals surface area contributed by atoms with Gasteiger partial charge in [0.15, 0.2) is 11.5 Å². The van der Waals surface area contributed by atoms with E-state index in [1.807, 2.05) is 32.0 Å². The third-order valence-electron chi connectivity index (χ3n) is 2.47. The van der Waals surface area contributed by atoms with Crippen LogP contribution in [0.5, 0.6) is 11.5 Å². The minimum Gasteiger partial charge on any atom is -0.549 e. The predicted molar refractivity (Wildman–Crippen MR) is 67.8 cm³/mol. The van der Waals surface area contributed by atoms with Crippen LogP contribution in [0.3, 0.4) is 0 Å². The first-order valence-electron chi connectivity index (χ1n) is 5.75. The topological polar surface area (TPSA) is 58.6 Å². The Balaban J connectivity index is 0.00000180. The second-order valence-electron chi connectivity index (χ2n) is 4.56. The van der Waals surface area contributed by atoms with Gasteiger partial charge in [-0.1, -0.05) is 6.07 Å². The van der Waals surface area contributed by atoms with E-state index in [-0.39, 0.29) is 35.3 Å². The van der Waals surface area contributed by atoms with Gasteiger partial charge in [0.25, 0.3) is 0 Å². The Kier molecular flexibility index (Phi) is 6.05. The third-order valence-corrected chi connectivity index (χ3v) is 3.41. The molecule has 0 bridgehead atoms. The molecule has 0 atom stereocenters. The zero-order valence-corrected chi connectivity index (χ0v) is 14.2. The number of aryl methyl sites for hydroxylation is 1. The second kappa shape index (κ2) is 6.88. The van der Waals surface area contributed by atoms with Gasteiger partial charge in [-0.25, -0.2) is 0 Å². The number of ether oxygens (including phenoxy) is 2. The Morgan fingerprint density at radius 3 is 2.68 bits per heavy atom. The van der Waals surface area contributed by atoms with Crippen molar-refractivity contribution in [2.75, 3.05) is 11.5 Å². The van der Waals surface area contributed by atoms with Gasteiger partial charge in [-0.05, 0) is 29.9 Å². The fourth-order valence-corrected chi connectivity index (χ4v) is 2.46. The summed E-state index contributed by atoms with van der Waals surface area (Å²) >= 11 is 1.36. The zero-order valence-electron chi connectivity index (χ0n) is 11.4. The van der Waals surface area contributed by atoms with Crippen LogP contribution in [-0.4, -0.2) is 23.3 Å². The van der Waals surface area contributed by atoms with E-state index in [2.05, 4.69) is 0 Å². The molecule has 19 heavy (non-hydrogen) atoms. The van der Waals surface area contributed by atoms with Crippen molar-refractivity contribution in [3.8, 4) is 11.5 Å².